The van der Waals surface area contributed by atoms with Crippen molar-refractivity contribution in [1.29, 1.82) is 0 Å². The third-order valence-electron chi connectivity index (χ3n) is 2.82. The van der Waals surface area contributed by atoms with Gasteiger partial charge in [0.25, 0.3) is 0 Å². The Balaban J connectivity index is 1.80. The van der Waals surface area contributed by atoms with Crippen molar-refractivity contribution >= 4 is 17.4 Å². The summed E-state index contributed by atoms with van der Waals surface area (Å²) in [5.74, 6) is -0.394. The first kappa shape index (κ1) is 14.5. The summed E-state index contributed by atoms with van der Waals surface area (Å²) in [4.78, 5) is 11.8. The van der Waals surface area contributed by atoms with Gasteiger partial charge in [-0.25, -0.2) is 4.39 Å². The largest absolute Gasteiger partial charge is 0.490 e. The van der Waals surface area contributed by atoms with Crippen molar-refractivity contribution in [2.75, 3.05) is 6.61 Å². The number of benzene rings is 2. The topological polar surface area (TPSA) is 26.3 Å². The molecule has 0 saturated heterocycles. The molecule has 104 valence electrons. The summed E-state index contributed by atoms with van der Waals surface area (Å²) < 4.78 is 18.8. The third-order valence-corrected chi connectivity index (χ3v) is 3.11. The van der Waals surface area contributed by atoms with Crippen LogP contribution in [-0.2, 0) is 0 Å². The molecule has 0 radical (unpaired) electrons. The predicted octanol–water partition coefficient (Wildman–Crippen LogP) is 4.52. The van der Waals surface area contributed by atoms with Crippen molar-refractivity contribution < 1.29 is 13.9 Å². The molecule has 0 amide bonds. The Morgan fingerprint density at radius 1 is 1.10 bits per heavy atom. The molecule has 0 bridgehead atoms. The molecule has 0 fully saturated rings. The van der Waals surface area contributed by atoms with Crippen molar-refractivity contribution in [3.8, 4) is 5.75 Å². The van der Waals surface area contributed by atoms with Crippen molar-refractivity contribution in [3.63, 3.8) is 0 Å². The van der Waals surface area contributed by atoms with Gasteiger partial charge >= 0.3 is 0 Å². The molecular weight excluding hydrogens is 279 g/mol. The molecular formula is C16H14ClFO2. The Morgan fingerprint density at radius 3 is 2.60 bits per heavy atom. The van der Waals surface area contributed by atoms with Crippen LogP contribution in [0.4, 0.5) is 4.39 Å². The molecule has 0 saturated carbocycles. The number of hydrogen-bond donors (Lipinski definition) is 0. The highest BCUT2D eigenvalue weighted by molar-refractivity contribution is 6.30. The number of carbonyl (C=O) groups excluding carboxylic acids is 1. The first-order valence-corrected chi connectivity index (χ1v) is 6.71. The SMILES string of the molecule is O=C(CCCOc1cccc(Cl)c1F)c1ccccc1. The summed E-state index contributed by atoms with van der Waals surface area (Å²) >= 11 is 5.65. The minimum absolute atomic E-state index is 0.0304. The number of carbonyl (C=O) groups is 1. The van der Waals surface area contributed by atoms with E-state index in [1.54, 1.807) is 18.2 Å². The van der Waals surface area contributed by atoms with E-state index in [0.717, 1.165) is 0 Å². The highest BCUT2D eigenvalue weighted by atomic mass is 35.5. The quantitative estimate of drug-likeness (QED) is 0.578. The lowest BCUT2D eigenvalue weighted by Gasteiger charge is -2.07. The molecule has 2 nitrogen and oxygen atoms in total. The zero-order chi connectivity index (χ0) is 14.4. The van der Waals surface area contributed by atoms with E-state index < -0.39 is 5.82 Å². The smallest absolute Gasteiger partial charge is 0.183 e. The fourth-order valence-corrected chi connectivity index (χ4v) is 1.94. The van der Waals surface area contributed by atoms with Crippen LogP contribution in [0.1, 0.15) is 23.2 Å². The van der Waals surface area contributed by atoms with Crippen molar-refractivity contribution in [2.24, 2.45) is 0 Å². The maximum atomic E-state index is 13.5. The Morgan fingerprint density at radius 2 is 1.85 bits per heavy atom. The normalized spacial score (nSPS) is 10.3. The Kier molecular flexibility index (Phi) is 5.13. The summed E-state index contributed by atoms with van der Waals surface area (Å²) in [6.45, 7) is 0.274. The van der Waals surface area contributed by atoms with Crippen LogP contribution in [0, 0.1) is 5.82 Å². The number of halogens is 2. The second-order valence-corrected chi connectivity index (χ2v) is 4.70. The van der Waals surface area contributed by atoms with E-state index in [4.69, 9.17) is 16.3 Å². The molecule has 0 atom stereocenters. The van der Waals surface area contributed by atoms with E-state index in [9.17, 15) is 9.18 Å². The van der Waals surface area contributed by atoms with E-state index in [1.165, 1.54) is 12.1 Å². The van der Waals surface area contributed by atoms with Crippen LogP contribution in [0.25, 0.3) is 0 Å². The van der Waals surface area contributed by atoms with Crippen LogP contribution in [0.3, 0.4) is 0 Å². The fraction of sp³-hybridized carbons (Fsp3) is 0.188. The van der Waals surface area contributed by atoms with Crippen LogP contribution in [0.15, 0.2) is 48.5 Å². The van der Waals surface area contributed by atoms with Crippen LogP contribution in [-0.4, -0.2) is 12.4 Å². The highest BCUT2D eigenvalue weighted by Gasteiger charge is 2.08. The maximum absolute atomic E-state index is 13.5. The Hall–Kier alpha value is -1.87. The molecule has 2 aromatic rings. The van der Waals surface area contributed by atoms with E-state index in [0.29, 0.717) is 18.4 Å². The molecule has 0 aliphatic heterocycles. The lowest BCUT2D eigenvalue weighted by Crippen LogP contribution is -2.04. The minimum atomic E-state index is -0.566. The molecule has 4 heteroatoms. The third kappa shape index (κ3) is 3.81. The maximum Gasteiger partial charge on any atom is 0.183 e. The first-order chi connectivity index (χ1) is 9.68. The molecule has 0 spiro atoms. The van der Waals surface area contributed by atoms with Gasteiger partial charge in [-0.05, 0) is 18.6 Å². The lowest BCUT2D eigenvalue weighted by atomic mass is 10.1. The van der Waals surface area contributed by atoms with Crippen molar-refractivity contribution in [2.45, 2.75) is 12.8 Å². The number of Topliss-reactive ketones (excluding diaryl/α,β-unsaturated/α-hetero) is 1. The monoisotopic (exact) mass is 292 g/mol. The van der Waals surface area contributed by atoms with Gasteiger partial charge in [-0.3, -0.25) is 4.79 Å². The molecule has 0 aliphatic carbocycles. The molecule has 0 N–H and O–H groups in total. The standard InChI is InChI=1S/C16H14ClFO2/c17-13-8-4-10-15(16(13)18)20-11-5-9-14(19)12-6-2-1-3-7-12/h1-4,6-8,10H,5,9,11H2. The Bertz CT molecular complexity index is 584. The van der Waals surface area contributed by atoms with E-state index in [2.05, 4.69) is 0 Å². The average molecular weight is 293 g/mol. The predicted molar refractivity (Wildman–Crippen MR) is 76.9 cm³/mol. The van der Waals surface area contributed by atoms with Gasteiger partial charge in [0, 0.05) is 12.0 Å². The van der Waals surface area contributed by atoms with Crippen LogP contribution in [0.5, 0.6) is 5.75 Å². The van der Waals surface area contributed by atoms with Gasteiger partial charge in [0.2, 0.25) is 0 Å². The number of ketones is 1. The summed E-state index contributed by atoms with van der Waals surface area (Å²) in [6, 6.07) is 13.7. The van der Waals surface area contributed by atoms with Gasteiger partial charge in [0.15, 0.2) is 17.3 Å². The van der Waals surface area contributed by atoms with Gasteiger partial charge in [-0.2, -0.15) is 0 Å². The Labute approximate surface area is 122 Å². The molecule has 0 aromatic heterocycles. The van der Waals surface area contributed by atoms with Gasteiger partial charge in [-0.15, -0.1) is 0 Å². The minimum Gasteiger partial charge on any atom is -0.490 e. The van der Waals surface area contributed by atoms with Crippen LogP contribution < -0.4 is 4.74 Å². The fourth-order valence-electron chi connectivity index (χ4n) is 1.78. The van der Waals surface area contributed by atoms with E-state index in [1.807, 2.05) is 18.2 Å². The molecule has 0 aliphatic rings. The first-order valence-electron chi connectivity index (χ1n) is 6.33. The number of ether oxygens (including phenoxy) is 1. The second-order valence-electron chi connectivity index (χ2n) is 4.29. The summed E-state index contributed by atoms with van der Waals surface area (Å²) in [5, 5.41) is 0.0304. The van der Waals surface area contributed by atoms with Gasteiger partial charge < -0.3 is 4.74 Å². The van der Waals surface area contributed by atoms with E-state index in [-0.39, 0.29) is 23.2 Å². The van der Waals surface area contributed by atoms with Crippen LogP contribution >= 0.6 is 11.6 Å². The molecule has 0 unspecified atom stereocenters. The average Bonchev–Trinajstić information content (AvgIpc) is 2.48. The van der Waals surface area contributed by atoms with Gasteiger partial charge in [-0.1, -0.05) is 48.0 Å². The second kappa shape index (κ2) is 7.06. The van der Waals surface area contributed by atoms with E-state index >= 15 is 0 Å². The lowest BCUT2D eigenvalue weighted by molar-refractivity contribution is 0.0973. The van der Waals surface area contributed by atoms with Crippen LogP contribution in [0.2, 0.25) is 5.02 Å². The molecule has 2 aromatic carbocycles. The van der Waals surface area contributed by atoms with Gasteiger partial charge in [0.1, 0.15) is 0 Å². The van der Waals surface area contributed by atoms with Gasteiger partial charge in [0.05, 0.1) is 11.6 Å². The zero-order valence-corrected chi connectivity index (χ0v) is 11.6. The molecule has 20 heavy (non-hydrogen) atoms. The highest BCUT2D eigenvalue weighted by Crippen LogP contribution is 2.24. The zero-order valence-electron chi connectivity index (χ0n) is 10.8. The summed E-state index contributed by atoms with van der Waals surface area (Å²) in [5.41, 5.74) is 0.682. The number of hydrogen-bond acceptors (Lipinski definition) is 2. The number of rotatable bonds is 6. The van der Waals surface area contributed by atoms with Crippen molar-refractivity contribution in [3.05, 3.63) is 64.9 Å². The molecule has 2 rings (SSSR count). The van der Waals surface area contributed by atoms with Crippen molar-refractivity contribution in [1.82, 2.24) is 0 Å². The molecule has 0 heterocycles. The summed E-state index contributed by atoms with van der Waals surface area (Å²) in [7, 11) is 0. The summed E-state index contributed by atoms with van der Waals surface area (Å²) in [6.07, 6.45) is 0.895.